The average Bonchev–Trinajstić information content (AvgIpc) is 2.82. The van der Waals surface area contributed by atoms with Crippen molar-refractivity contribution in [2.24, 2.45) is 35.5 Å². The standard InChI is InChI=1S/C13H22O2/c1-8-9(2)12-3-10(8)4-13(12)11-5-14-7-15-6-11/h8-13H,3-7H2,1-2H3. The highest BCUT2D eigenvalue weighted by Gasteiger charge is 2.50. The van der Waals surface area contributed by atoms with Crippen LogP contribution in [0, 0.1) is 35.5 Å². The van der Waals surface area contributed by atoms with Crippen molar-refractivity contribution in [2.75, 3.05) is 20.0 Å². The third kappa shape index (κ3) is 1.53. The minimum absolute atomic E-state index is 0.517. The van der Waals surface area contributed by atoms with E-state index >= 15 is 0 Å². The van der Waals surface area contributed by atoms with Crippen LogP contribution in [-0.2, 0) is 9.47 Å². The van der Waals surface area contributed by atoms with Crippen molar-refractivity contribution in [1.29, 1.82) is 0 Å². The fraction of sp³-hybridized carbons (Fsp3) is 1.00. The van der Waals surface area contributed by atoms with Gasteiger partial charge in [0, 0.05) is 5.92 Å². The molecule has 0 amide bonds. The van der Waals surface area contributed by atoms with Gasteiger partial charge in [-0.1, -0.05) is 13.8 Å². The van der Waals surface area contributed by atoms with Gasteiger partial charge in [-0.2, -0.15) is 0 Å². The largest absolute Gasteiger partial charge is 0.355 e. The molecular weight excluding hydrogens is 188 g/mol. The average molecular weight is 210 g/mol. The van der Waals surface area contributed by atoms with Gasteiger partial charge in [0.2, 0.25) is 0 Å². The second-order valence-electron chi connectivity index (χ2n) is 5.90. The summed E-state index contributed by atoms with van der Waals surface area (Å²) in [5, 5.41) is 0. The summed E-state index contributed by atoms with van der Waals surface area (Å²) in [6, 6.07) is 0. The van der Waals surface area contributed by atoms with Gasteiger partial charge in [0.25, 0.3) is 0 Å². The van der Waals surface area contributed by atoms with Crippen LogP contribution >= 0.6 is 0 Å². The van der Waals surface area contributed by atoms with Gasteiger partial charge in [0.05, 0.1) is 13.2 Å². The quantitative estimate of drug-likeness (QED) is 0.662. The summed E-state index contributed by atoms with van der Waals surface area (Å²) in [6.07, 6.45) is 2.91. The summed E-state index contributed by atoms with van der Waals surface area (Å²) >= 11 is 0. The highest BCUT2D eigenvalue weighted by Crippen LogP contribution is 2.57. The minimum Gasteiger partial charge on any atom is -0.355 e. The van der Waals surface area contributed by atoms with Gasteiger partial charge < -0.3 is 9.47 Å². The summed E-state index contributed by atoms with van der Waals surface area (Å²) in [4.78, 5) is 0. The SMILES string of the molecule is CC1C2CC(C3COCOC3)C(C2)C1C. The first-order chi connectivity index (χ1) is 7.27. The lowest BCUT2D eigenvalue weighted by molar-refractivity contribution is -0.144. The number of fused-ring (bicyclic) bond motifs is 2. The summed E-state index contributed by atoms with van der Waals surface area (Å²) in [7, 11) is 0. The highest BCUT2D eigenvalue weighted by atomic mass is 16.7. The van der Waals surface area contributed by atoms with E-state index in [4.69, 9.17) is 9.47 Å². The van der Waals surface area contributed by atoms with Gasteiger partial charge in [-0.25, -0.2) is 0 Å². The minimum atomic E-state index is 0.517. The molecule has 0 aromatic rings. The molecule has 3 rings (SSSR count). The molecule has 1 heterocycles. The Bertz CT molecular complexity index is 233. The molecule has 2 heteroatoms. The van der Waals surface area contributed by atoms with Crippen molar-refractivity contribution in [1.82, 2.24) is 0 Å². The second-order valence-corrected chi connectivity index (χ2v) is 5.90. The maximum Gasteiger partial charge on any atom is 0.146 e. The molecule has 2 saturated carbocycles. The Kier molecular flexibility index (Phi) is 2.52. The summed E-state index contributed by atoms with van der Waals surface area (Å²) in [6.45, 7) is 7.29. The molecule has 0 radical (unpaired) electrons. The molecule has 2 aliphatic carbocycles. The van der Waals surface area contributed by atoms with E-state index < -0.39 is 0 Å². The summed E-state index contributed by atoms with van der Waals surface area (Å²) in [5.41, 5.74) is 0. The topological polar surface area (TPSA) is 18.5 Å². The van der Waals surface area contributed by atoms with Crippen LogP contribution in [0.5, 0.6) is 0 Å². The van der Waals surface area contributed by atoms with E-state index in [0.717, 1.165) is 42.8 Å². The van der Waals surface area contributed by atoms with E-state index in [1.807, 2.05) is 0 Å². The van der Waals surface area contributed by atoms with Gasteiger partial charge in [0.1, 0.15) is 6.79 Å². The van der Waals surface area contributed by atoms with Gasteiger partial charge in [-0.15, -0.1) is 0 Å². The normalized spacial score (nSPS) is 51.2. The molecule has 0 spiro atoms. The Morgan fingerprint density at radius 2 is 1.47 bits per heavy atom. The molecule has 5 unspecified atom stereocenters. The summed E-state index contributed by atoms with van der Waals surface area (Å²) < 4.78 is 10.9. The first-order valence-corrected chi connectivity index (χ1v) is 6.43. The predicted octanol–water partition coefficient (Wildman–Crippen LogP) is 2.54. The zero-order valence-electron chi connectivity index (χ0n) is 9.82. The van der Waals surface area contributed by atoms with E-state index in [9.17, 15) is 0 Å². The van der Waals surface area contributed by atoms with Crippen molar-refractivity contribution in [2.45, 2.75) is 26.7 Å². The van der Waals surface area contributed by atoms with Crippen LogP contribution in [-0.4, -0.2) is 20.0 Å². The van der Waals surface area contributed by atoms with Crippen LogP contribution in [0.15, 0.2) is 0 Å². The van der Waals surface area contributed by atoms with Crippen molar-refractivity contribution in [3.63, 3.8) is 0 Å². The second kappa shape index (κ2) is 3.74. The van der Waals surface area contributed by atoms with E-state index in [1.54, 1.807) is 0 Å². The van der Waals surface area contributed by atoms with Gasteiger partial charge >= 0.3 is 0 Å². The fourth-order valence-corrected chi connectivity index (χ4v) is 4.29. The molecule has 1 saturated heterocycles. The monoisotopic (exact) mass is 210 g/mol. The zero-order chi connectivity index (χ0) is 10.4. The summed E-state index contributed by atoms with van der Waals surface area (Å²) in [5.74, 6) is 5.41. The smallest absolute Gasteiger partial charge is 0.146 e. The maximum absolute atomic E-state index is 5.44. The third-order valence-corrected chi connectivity index (χ3v) is 5.38. The Labute approximate surface area is 92.3 Å². The number of hydrogen-bond acceptors (Lipinski definition) is 2. The molecule has 2 bridgehead atoms. The molecule has 1 aliphatic heterocycles. The first kappa shape index (κ1) is 10.1. The highest BCUT2D eigenvalue weighted by molar-refractivity contribution is 4.99. The van der Waals surface area contributed by atoms with Crippen LogP contribution < -0.4 is 0 Å². The Morgan fingerprint density at radius 1 is 0.800 bits per heavy atom. The van der Waals surface area contributed by atoms with Gasteiger partial charge in [-0.3, -0.25) is 0 Å². The zero-order valence-corrected chi connectivity index (χ0v) is 9.82. The number of hydrogen-bond donors (Lipinski definition) is 0. The Morgan fingerprint density at radius 3 is 2.07 bits per heavy atom. The van der Waals surface area contributed by atoms with Crippen molar-refractivity contribution in [3.8, 4) is 0 Å². The van der Waals surface area contributed by atoms with Crippen molar-refractivity contribution < 1.29 is 9.47 Å². The predicted molar refractivity (Wildman–Crippen MR) is 58.3 cm³/mol. The molecule has 86 valence electrons. The molecule has 0 N–H and O–H groups in total. The Balaban J connectivity index is 1.69. The van der Waals surface area contributed by atoms with Gasteiger partial charge in [0.15, 0.2) is 0 Å². The number of ether oxygens (including phenoxy) is 2. The van der Waals surface area contributed by atoms with E-state index in [0.29, 0.717) is 12.7 Å². The molecule has 3 aliphatic rings. The molecule has 3 fully saturated rings. The molecule has 5 atom stereocenters. The van der Waals surface area contributed by atoms with Crippen molar-refractivity contribution in [3.05, 3.63) is 0 Å². The van der Waals surface area contributed by atoms with E-state index in [2.05, 4.69) is 13.8 Å². The third-order valence-electron chi connectivity index (χ3n) is 5.38. The Hall–Kier alpha value is -0.0800. The molecule has 0 aromatic heterocycles. The van der Waals surface area contributed by atoms with E-state index in [1.165, 1.54) is 12.8 Å². The van der Waals surface area contributed by atoms with Crippen LogP contribution in [0.3, 0.4) is 0 Å². The van der Waals surface area contributed by atoms with Crippen LogP contribution in [0.1, 0.15) is 26.7 Å². The lowest BCUT2D eigenvalue weighted by Gasteiger charge is -2.37. The lowest BCUT2D eigenvalue weighted by atomic mass is 9.71. The molecular formula is C13H22O2. The maximum atomic E-state index is 5.44. The lowest BCUT2D eigenvalue weighted by Crippen LogP contribution is -2.36. The fourth-order valence-electron chi connectivity index (χ4n) is 4.29. The van der Waals surface area contributed by atoms with Crippen molar-refractivity contribution >= 4 is 0 Å². The first-order valence-electron chi connectivity index (χ1n) is 6.43. The van der Waals surface area contributed by atoms with Gasteiger partial charge in [-0.05, 0) is 42.4 Å². The molecule has 0 aromatic carbocycles. The molecule has 2 nitrogen and oxygen atoms in total. The number of rotatable bonds is 1. The van der Waals surface area contributed by atoms with Crippen LogP contribution in [0.25, 0.3) is 0 Å². The molecule has 15 heavy (non-hydrogen) atoms. The van der Waals surface area contributed by atoms with Crippen LogP contribution in [0.2, 0.25) is 0 Å². The van der Waals surface area contributed by atoms with E-state index in [-0.39, 0.29) is 0 Å². The van der Waals surface area contributed by atoms with Crippen LogP contribution in [0.4, 0.5) is 0 Å².